The zero-order chi connectivity index (χ0) is 36.1. The Bertz CT molecular complexity index is 956. The molecule has 0 rings (SSSR count). The fourth-order valence-electron chi connectivity index (χ4n) is 3.70. The minimum atomic E-state index is -1.18. The van der Waals surface area contributed by atoms with Crippen LogP contribution in [0.3, 0.4) is 0 Å². The molecule has 0 saturated heterocycles. The van der Waals surface area contributed by atoms with Gasteiger partial charge in [0.05, 0.1) is 33.0 Å². The Morgan fingerprint density at radius 1 is 0.617 bits per heavy atom. The van der Waals surface area contributed by atoms with E-state index in [4.69, 9.17) is 34.2 Å². The number of nitrogens with two attached hydrogens (primary N) is 1. The Labute approximate surface area is 280 Å². The SMILES string of the molecule is CC(C)(C)OC(=O)CC[C@H](NC(=O)N[C@@H](CCCCNC(=O)COCCOCCOCCN)C(=O)OC(C)(C)C)C(=O)OC(C)(C)C. The number of unbranched alkanes of at least 4 members (excludes halogenated alkanes) is 1. The van der Waals surface area contributed by atoms with Crippen LogP contribution in [0.25, 0.3) is 0 Å². The van der Waals surface area contributed by atoms with Crippen LogP contribution in [0.2, 0.25) is 0 Å². The molecule has 0 bridgehead atoms. The van der Waals surface area contributed by atoms with Crippen LogP contribution in [0.1, 0.15) is 94.4 Å². The molecule has 0 saturated carbocycles. The number of carbonyl (C=O) groups is 5. The van der Waals surface area contributed by atoms with Gasteiger partial charge in [-0.05, 0) is 88.0 Å². The first-order valence-corrected chi connectivity index (χ1v) is 16.2. The molecule has 0 fully saturated rings. The maximum absolute atomic E-state index is 13.0. The molecule has 0 aliphatic carbocycles. The first-order valence-electron chi connectivity index (χ1n) is 16.2. The van der Waals surface area contributed by atoms with Gasteiger partial charge in [0.1, 0.15) is 35.5 Å². The lowest BCUT2D eigenvalue weighted by Gasteiger charge is -2.27. The van der Waals surface area contributed by atoms with Crippen LogP contribution in [0.5, 0.6) is 0 Å². The lowest BCUT2D eigenvalue weighted by molar-refractivity contribution is -0.159. The van der Waals surface area contributed by atoms with E-state index in [1.807, 2.05) is 0 Å². The van der Waals surface area contributed by atoms with E-state index < -0.39 is 52.8 Å². The first kappa shape index (κ1) is 44.0. The smallest absolute Gasteiger partial charge is 0.329 e. The number of esters is 3. The van der Waals surface area contributed by atoms with Crippen LogP contribution in [-0.4, -0.2) is 111 Å². The van der Waals surface area contributed by atoms with E-state index >= 15 is 0 Å². The fraction of sp³-hybridized carbons (Fsp3) is 0.844. The van der Waals surface area contributed by atoms with Crippen molar-refractivity contribution in [1.82, 2.24) is 16.0 Å². The number of urea groups is 1. The highest BCUT2D eigenvalue weighted by Gasteiger charge is 2.31. The third-order valence-corrected chi connectivity index (χ3v) is 5.53. The fourth-order valence-corrected chi connectivity index (χ4v) is 3.70. The summed E-state index contributed by atoms with van der Waals surface area (Å²) >= 11 is 0. The van der Waals surface area contributed by atoms with Crippen LogP contribution < -0.4 is 21.7 Å². The molecule has 0 aliphatic heterocycles. The summed E-state index contributed by atoms with van der Waals surface area (Å²) in [6.45, 7) is 17.9. The average Bonchev–Trinajstić information content (AvgIpc) is 2.90. The maximum Gasteiger partial charge on any atom is 0.329 e. The standard InChI is InChI=1S/C32H60N4O11/c1-30(2,3)45-26(38)14-13-24(28(40)47-32(7,8)9)36-29(41)35-23(27(39)46-31(4,5)6)12-10-11-16-34-25(37)22-44-21-20-43-19-18-42-17-15-33/h23-24H,10-22,33H2,1-9H3,(H,34,37)(H2,35,36,41)/t23-,24-/m0/s1. The Morgan fingerprint density at radius 2 is 1.09 bits per heavy atom. The van der Waals surface area contributed by atoms with Gasteiger partial charge in [-0.15, -0.1) is 0 Å². The summed E-state index contributed by atoms with van der Waals surface area (Å²) in [7, 11) is 0. The van der Waals surface area contributed by atoms with E-state index in [9.17, 15) is 24.0 Å². The van der Waals surface area contributed by atoms with Gasteiger partial charge in [0, 0.05) is 19.5 Å². The van der Waals surface area contributed by atoms with Crippen molar-refractivity contribution in [1.29, 1.82) is 0 Å². The highest BCUT2D eigenvalue weighted by Crippen LogP contribution is 2.15. The predicted molar refractivity (Wildman–Crippen MR) is 174 cm³/mol. The van der Waals surface area contributed by atoms with E-state index in [0.717, 1.165) is 0 Å². The van der Waals surface area contributed by atoms with E-state index in [2.05, 4.69) is 16.0 Å². The van der Waals surface area contributed by atoms with Crippen molar-refractivity contribution in [3.8, 4) is 0 Å². The Morgan fingerprint density at radius 3 is 1.57 bits per heavy atom. The topological polar surface area (TPSA) is 203 Å². The molecule has 15 nitrogen and oxygen atoms in total. The molecule has 0 unspecified atom stereocenters. The number of nitrogens with one attached hydrogen (secondary N) is 3. The van der Waals surface area contributed by atoms with Gasteiger partial charge in [-0.25, -0.2) is 14.4 Å². The molecule has 274 valence electrons. The molecule has 47 heavy (non-hydrogen) atoms. The molecule has 15 heteroatoms. The molecular weight excluding hydrogens is 616 g/mol. The molecule has 5 N–H and O–H groups in total. The molecule has 0 spiro atoms. The van der Waals surface area contributed by atoms with E-state index in [0.29, 0.717) is 52.4 Å². The van der Waals surface area contributed by atoms with Crippen LogP contribution >= 0.6 is 0 Å². The third kappa shape index (κ3) is 26.7. The highest BCUT2D eigenvalue weighted by atomic mass is 16.6. The summed E-state index contributed by atoms with van der Waals surface area (Å²) in [5.74, 6) is -2.21. The summed E-state index contributed by atoms with van der Waals surface area (Å²) in [6.07, 6.45) is 0.952. The molecule has 0 aromatic rings. The van der Waals surface area contributed by atoms with Crippen LogP contribution in [0.15, 0.2) is 0 Å². The zero-order valence-electron chi connectivity index (χ0n) is 29.9. The second kappa shape index (κ2) is 22.5. The van der Waals surface area contributed by atoms with Gasteiger partial charge >= 0.3 is 23.9 Å². The Kier molecular flexibility index (Phi) is 21.1. The van der Waals surface area contributed by atoms with Crippen molar-refractivity contribution >= 4 is 29.8 Å². The van der Waals surface area contributed by atoms with Gasteiger partial charge in [-0.1, -0.05) is 0 Å². The van der Waals surface area contributed by atoms with Crippen molar-refractivity contribution in [2.75, 3.05) is 52.7 Å². The summed E-state index contributed by atoms with van der Waals surface area (Å²) < 4.78 is 32.1. The van der Waals surface area contributed by atoms with Crippen molar-refractivity contribution in [2.24, 2.45) is 5.73 Å². The molecule has 2 atom stereocenters. The highest BCUT2D eigenvalue weighted by molar-refractivity contribution is 5.87. The molecule has 0 aliphatic rings. The van der Waals surface area contributed by atoms with Crippen molar-refractivity contribution in [2.45, 2.75) is 123 Å². The number of hydrogen-bond acceptors (Lipinski definition) is 12. The normalized spacial score (nSPS) is 13.2. The van der Waals surface area contributed by atoms with Crippen LogP contribution in [0.4, 0.5) is 4.79 Å². The van der Waals surface area contributed by atoms with Crippen molar-refractivity contribution < 1.29 is 52.4 Å². The summed E-state index contributed by atoms with van der Waals surface area (Å²) in [4.78, 5) is 63.2. The lowest BCUT2D eigenvalue weighted by Crippen LogP contribution is -2.53. The number of hydrogen-bond donors (Lipinski definition) is 4. The van der Waals surface area contributed by atoms with Gasteiger partial charge in [0.25, 0.3) is 0 Å². The molecule has 0 heterocycles. The Hall–Kier alpha value is -3.01. The molecule has 3 amide bonds. The van der Waals surface area contributed by atoms with Crippen LogP contribution in [-0.2, 0) is 47.6 Å². The summed E-state index contributed by atoms with van der Waals surface area (Å²) in [6, 6.07) is -3.03. The van der Waals surface area contributed by atoms with Gasteiger partial charge in [0.15, 0.2) is 0 Å². The summed E-state index contributed by atoms with van der Waals surface area (Å²) in [5.41, 5.74) is 2.97. The average molecular weight is 677 g/mol. The van der Waals surface area contributed by atoms with Crippen molar-refractivity contribution in [3.05, 3.63) is 0 Å². The van der Waals surface area contributed by atoms with Gasteiger partial charge in [-0.3, -0.25) is 9.59 Å². The monoisotopic (exact) mass is 676 g/mol. The molecular formula is C32H60N4O11. The van der Waals surface area contributed by atoms with E-state index in [-0.39, 0.29) is 38.4 Å². The first-order chi connectivity index (χ1) is 21.7. The number of amides is 3. The van der Waals surface area contributed by atoms with E-state index in [1.165, 1.54) is 0 Å². The molecule has 0 radical (unpaired) electrons. The molecule has 0 aromatic carbocycles. The van der Waals surface area contributed by atoms with Crippen molar-refractivity contribution in [3.63, 3.8) is 0 Å². The Balaban J connectivity index is 4.98. The number of rotatable bonds is 22. The predicted octanol–water partition coefficient (Wildman–Crippen LogP) is 2.12. The summed E-state index contributed by atoms with van der Waals surface area (Å²) in [5, 5.41) is 7.87. The second-order valence-corrected chi connectivity index (χ2v) is 13.8. The quantitative estimate of drug-likeness (QED) is 0.0740. The largest absolute Gasteiger partial charge is 0.460 e. The van der Waals surface area contributed by atoms with E-state index in [1.54, 1.807) is 62.3 Å². The minimum absolute atomic E-state index is 0.0744. The second-order valence-electron chi connectivity index (χ2n) is 13.8. The number of carbonyl (C=O) groups excluding carboxylic acids is 5. The zero-order valence-corrected chi connectivity index (χ0v) is 29.9. The van der Waals surface area contributed by atoms with Gasteiger partial charge in [0.2, 0.25) is 5.91 Å². The maximum atomic E-state index is 13.0. The lowest BCUT2D eigenvalue weighted by atomic mass is 10.1. The molecule has 0 aromatic heterocycles. The third-order valence-electron chi connectivity index (χ3n) is 5.53. The minimum Gasteiger partial charge on any atom is -0.460 e. The van der Waals surface area contributed by atoms with Gasteiger partial charge in [-0.2, -0.15) is 0 Å². The van der Waals surface area contributed by atoms with Crippen LogP contribution in [0, 0.1) is 0 Å². The number of ether oxygens (including phenoxy) is 6. The van der Waals surface area contributed by atoms with Gasteiger partial charge < -0.3 is 50.1 Å².